The highest BCUT2D eigenvalue weighted by atomic mass is 32.2. The molecule has 3 aromatic rings. The van der Waals surface area contributed by atoms with E-state index in [0.29, 0.717) is 38.9 Å². The summed E-state index contributed by atoms with van der Waals surface area (Å²) < 4.78 is 74.4. The number of rotatable bonds is 19. The van der Waals surface area contributed by atoms with Crippen molar-refractivity contribution in [1.29, 1.82) is 0 Å². The zero-order valence-corrected chi connectivity index (χ0v) is 37.8. The molecule has 3 aromatic carbocycles. The number of hydrogen-bond acceptors (Lipinski definition) is 7. The van der Waals surface area contributed by atoms with Gasteiger partial charge in [-0.25, -0.2) is 0 Å². The summed E-state index contributed by atoms with van der Waals surface area (Å²) in [5.74, 6) is -0.348. The van der Waals surface area contributed by atoms with E-state index in [-0.39, 0.29) is 22.5 Å². The molecule has 0 radical (unpaired) electrons. The minimum atomic E-state index is -4.45. The maximum absolute atomic E-state index is 12.3. The molecular weight excluding hydrogens is 809 g/mol. The molecule has 0 fully saturated rings. The summed E-state index contributed by atoms with van der Waals surface area (Å²) in [4.78, 5) is 12.6. The molecule has 0 aromatic heterocycles. The molecule has 3 aliphatic rings. The van der Waals surface area contributed by atoms with Crippen molar-refractivity contribution in [1.82, 2.24) is 0 Å². The monoisotopic (exact) mass is 869 g/mol. The van der Waals surface area contributed by atoms with E-state index < -0.39 is 25.7 Å². The van der Waals surface area contributed by atoms with Crippen molar-refractivity contribution in [2.45, 2.75) is 115 Å². The van der Waals surface area contributed by atoms with Crippen LogP contribution in [0.4, 0.5) is 11.4 Å². The van der Waals surface area contributed by atoms with Crippen LogP contribution >= 0.6 is 0 Å². The number of ether oxygens (including phenoxy) is 1. The summed E-state index contributed by atoms with van der Waals surface area (Å²) in [6.45, 7) is 13.1. The van der Waals surface area contributed by atoms with Gasteiger partial charge in [-0.05, 0) is 116 Å². The first-order valence-corrected chi connectivity index (χ1v) is 24.5. The van der Waals surface area contributed by atoms with E-state index >= 15 is 0 Å². The van der Waals surface area contributed by atoms with Gasteiger partial charge in [0.25, 0.3) is 26.7 Å². The molecule has 2 aliphatic heterocycles. The second kappa shape index (κ2) is 19.2. The normalized spacial score (nSPS) is 18.7. The number of allylic oxidation sites excluding steroid dienone is 8. The lowest BCUT2D eigenvalue weighted by molar-refractivity contribution is -0.438. The largest absolute Gasteiger partial charge is 0.468 e. The molecular formula is C49H61N2O8S2+. The van der Waals surface area contributed by atoms with E-state index in [1.165, 1.54) is 52.2 Å². The Kier molecular flexibility index (Phi) is 14.4. The Morgan fingerprint density at radius 2 is 1.56 bits per heavy atom. The van der Waals surface area contributed by atoms with Gasteiger partial charge in [-0.2, -0.15) is 21.4 Å². The number of carbonyl (C=O) groups excluding carboxylic acids is 1. The van der Waals surface area contributed by atoms with Crippen molar-refractivity contribution in [3.63, 3.8) is 0 Å². The molecule has 61 heavy (non-hydrogen) atoms. The molecule has 0 bridgehead atoms. The van der Waals surface area contributed by atoms with Crippen LogP contribution in [-0.4, -0.2) is 68.1 Å². The smallest absolute Gasteiger partial charge is 0.294 e. The van der Waals surface area contributed by atoms with Crippen molar-refractivity contribution in [3.8, 4) is 0 Å². The third-order valence-corrected chi connectivity index (χ3v) is 14.2. The first kappa shape index (κ1) is 45.9. The number of hydrogen-bond donors (Lipinski definition) is 2. The molecule has 10 nitrogen and oxygen atoms in total. The maximum atomic E-state index is 12.3. The number of anilines is 1. The Morgan fingerprint density at radius 3 is 2.26 bits per heavy atom. The lowest BCUT2D eigenvalue weighted by atomic mass is 9.80. The molecule has 2 heterocycles. The van der Waals surface area contributed by atoms with Crippen LogP contribution in [0.3, 0.4) is 0 Å². The van der Waals surface area contributed by atoms with Gasteiger partial charge in [0.05, 0.1) is 22.7 Å². The fourth-order valence-electron chi connectivity index (χ4n) is 9.20. The summed E-state index contributed by atoms with van der Waals surface area (Å²) in [5.41, 5.74) is 11.5. The van der Waals surface area contributed by atoms with E-state index in [1.54, 1.807) is 6.07 Å². The molecule has 1 aliphatic carbocycles. The summed E-state index contributed by atoms with van der Waals surface area (Å²) in [7, 11) is -8.57. The standard InChI is InChI=1S/C49H60N2O8S2/c1-6-7-10-29-50-44-17-9-8-16-42(44)48(2,3)46(50)26-22-38-14-13-15-39(41(38)33-37-20-18-36(19-21-37)28-31-59-35-52)23-27-47-49(4,5)43-34-40(61(56,57)58)24-25-45(43)51(47)30-11-12-32-60(53,54)55/h8-9,16-27,34-35H,6-7,10-15,28-33H2,1-5H3,(H-,53,54,55,56,57,58)/p+1. The van der Waals surface area contributed by atoms with Crippen LogP contribution in [0.15, 0.2) is 118 Å². The van der Waals surface area contributed by atoms with E-state index in [1.807, 2.05) is 13.8 Å². The first-order valence-electron chi connectivity index (χ1n) is 21.5. The van der Waals surface area contributed by atoms with Gasteiger partial charge in [-0.1, -0.05) is 81.8 Å². The van der Waals surface area contributed by atoms with E-state index in [0.717, 1.165) is 66.7 Å². The lowest BCUT2D eigenvalue weighted by Gasteiger charge is -2.28. The molecule has 12 heteroatoms. The van der Waals surface area contributed by atoms with Crippen LogP contribution < -0.4 is 4.90 Å². The molecule has 326 valence electrons. The van der Waals surface area contributed by atoms with Gasteiger partial charge in [0.1, 0.15) is 6.54 Å². The molecule has 0 saturated heterocycles. The first-order chi connectivity index (χ1) is 29.0. The van der Waals surface area contributed by atoms with Crippen molar-refractivity contribution in [3.05, 3.63) is 136 Å². The van der Waals surface area contributed by atoms with Gasteiger partial charge in [0, 0.05) is 53.9 Å². The van der Waals surface area contributed by atoms with Crippen LogP contribution in [0.5, 0.6) is 0 Å². The van der Waals surface area contributed by atoms with Gasteiger partial charge >= 0.3 is 0 Å². The number of fused-ring (bicyclic) bond motifs is 2. The predicted molar refractivity (Wildman–Crippen MR) is 243 cm³/mol. The van der Waals surface area contributed by atoms with Gasteiger partial charge in [0.15, 0.2) is 5.71 Å². The number of para-hydroxylation sites is 1. The van der Waals surface area contributed by atoms with E-state index in [2.05, 4.69) is 103 Å². The second-order valence-corrected chi connectivity index (χ2v) is 20.4. The third kappa shape index (κ3) is 10.7. The summed E-state index contributed by atoms with van der Waals surface area (Å²) in [5, 5.41) is 0. The predicted octanol–water partition coefficient (Wildman–Crippen LogP) is 9.77. The molecule has 0 saturated carbocycles. The van der Waals surface area contributed by atoms with Crippen LogP contribution in [-0.2, 0) is 53.4 Å². The average molecular weight is 870 g/mol. The molecule has 2 N–H and O–H groups in total. The molecule has 0 spiro atoms. The quantitative estimate of drug-likeness (QED) is 0.0521. The number of unbranched alkanes of at least 4 members (excludes halogenated alkanes) is 3. The Bertz CT molecular complexity index is 2490. The summed E-state index contributed by atoms with van der Waals surface area (Å²) in [6.07, 6.45) is 17.3. The van der Waals surface area contributed by atoms with Crippen LogP contribution in [0.2, 0.25) is 0 Å². The van der Waals surface area contributed by atoms with Crippen LogP contribution in [0.1, 0.15) is 108 Å². The maximum Gasteiger partial charge on any atom is 0.294 e. The molecule has 0 amide bonds. The Labute approximate surface area is 362 Å². The molecule has 6 rings (SSSR count). The van der Waals surface area contributed by atoms with Crippen LogP contribution in [0, 0.1) is 0 Å². The minimum absolute atomic E-state index is 0.176. The molecule has 0 unspecified atom stereocenters. The average Bonchev–Trinajstić information content (AvgIpc) is 3.56. The zero-order chi connectivity index (χ0) is 44.0. The van der Waals surface area contributed by atoms with Crippen molar-refractivity contribution in [2.24, 2.45) is 0 Å². The van der Waals surface area contributed by atoms with Gasteiger partial charge in [-0.3, -0.25) is 13.9 Å². The van der Waals surface area contributed by atoms with Crippen molar-refractivity contribution < 1.29 is 40.0 Å². The Hall–Kier alpha value is -4.62. The second-order valence-electron chi connectivity index (χ2n) is 17.5. The van der Waals surface area contributed by atoms with E-state index in [9.17, 15) is 30.7 Å². The zero-order valence-electron chi connectivity index (χ0n) is 36.2. The number of carbonyl (C=O) groups is 1. The lowest BCUT2D eigenvalue weighted by Crippen LogP contribution is -2.28. The highest BCUT2D eigenvalue weighted by molar-refractivity contribution is 7.86. The van der Waals surface area contributed by atoms with Gasteiger partial charge in [-0.15, -0.1) is 0 Å². The SMILES string of the molecule is CCCCC[N+]1=C(/C=C/C2=C(Cc3ccc(CCOC=O)cc3)C(=C/C=C3/N(CCCCS(=O)(=O)O)c4ccc(S(=O)(=O)O)cc4C3(C)C)/CCC2)C(C)(C)c2ccccc21. The van der Waals surface area contributed by atoms with Gasteiger partial charge in [0.2, 0.25) is 5.69 Å². The number of benzene rings is 3. The summed E-state index contributed by atoms with van der Waals surface area (Å²) >= 11 is 0. The molecule has 0 atom stereocenters. The highest BCUT2D eigenvalue weighted by Crippen LogP contribution is 2.49. The summed E-state index contributed by atoms with van der Waals surface area (Å²) in [6, 6.07) is 21.8. The van der Waals surface area contributed by atoms with Crippen molar-refractivity contribution in [2.75, 3.05) is 30.3 Å². The van der Waals surface area contributed by atoms with E-state index in [4.69, 9.17) is 4.74 Å². The van der Waals surface area contributed by atoms with Crippen LogP contribution in [0.25, 0.3) is 0 Å². The topological polar surface area (TPSA) is 141 Å². The number of nitrogens with zero attached hydrogens (tertiary/aromatic N) is 2. The Balaban J connectivity index is 1.44. The third-order valence-electron chi connectivity index (χ3n) is 12.5. The van der Waals surface area contributed by atoms with Crippen molar-refractivity contribution >= 4 is 43.8 Å². The van der Waals surface area contributed by atoms with Gasteiger partial charge < -0.3 is 9.64 Å². The fraction of sp³-hybridized carbons (Fsp3) is 0.429. The fourth-order valence-corrected chi connectivity index (χ4v) is 10.3. The Morgan fingerprint density at radius 1 is 0.820 bits per heavy atom. The highest BCUT2D eigenvalue weighted by Gasteiger charge is 2.44. The minimum Gasteiger partial charge on any atom is -0.468 e.